The maximum Gasteiger partial charge on any atom is 0.191 e. The van der Waals surface area contributed by atoms with Gasteiger partial charge < -0.3 is 10.6 Å². The number of nitrogens with one attached hydrogen (secondary N) is 2. The Bertz CT molecular complexity index is 603. The van der Waals surface area contributed by atoms with Crippen LogP contribution in [0.1, 0.15) is 24.3 Å². The number of benzene rings is 1. The Hall–Kier alpha value is -1.88. The second-order valence-corrected chi connectivity index (χ2v) is 6.71. The van der Waals surface area contributed by atoms with Gasteiger partial charge >= 0.3 is 0 Å². The van der Waals surface area contributed by atoms with Crippen molar-refractivity contribution < 1.29 is 4.39 Å². The normalized spacial score (nSPS) is 12.3. The fraction of sp³-hybridized carbons (Fsp3) is 0.353. The lowest BCUT2D eigenvalue weighted by Gasteiger charge is -2.25. The molecule has 22 heavy (non-hydrogen) atoms. The molecule has 0 spiro atoms. The van der Waals surface area contributed by atoms with E-state index in [9.17, 15) is 4.39 Å². The minimum absolute atomic E-state index is 0.0433. The van der Waals surface area contributed by atoms with Crippen LogP contribution in [0.3, 0.4) is 0 Å². The first-order valence-electron chi connectivity index (χ1n) is 7.24. The third kappa shape index (κ3) is 4.56. The molecule has 2 aromatic rings. The highest BCUT2D eigenvalue weighted by Gasteiger charge is 2.21. The average molecular weight is 319 g/mol. The van der Waals surface area contributed by atoms with Crippen LogP contribution in [0.2, 0.25) is 0 Å². The molecule has 1 aromatic carbocycles. The molecule has 0 saturated carbocycles. The zero-order chi connectivity index (χ0) is 16.0. The third-order valence-corrected chi connectivity index (χ3v) is 4.72. The molecule has 0 aliphatic heterocycles. The first kappa shape index (κ1) is 16.5. The van der Waals surface area contributed by atoms with E-state index in [1.54, 1.807) is 30.5 Å². The van der Waals surface area contributed by atoms with Gasteiger partial charge in [0, 0.05) is 30.4 Å². The molecule has 0 aliphatic rings. The van der Waals surface area contributed by atoms with Crippen LogP contribution in [0.5, 0.6) is 0 Å². The average Bonchev–Trinajstić information content (AvgIpc) is 3.04. The van der Waals surface area contributed by atoms with Crippen LogP contribution in [0, 0.1) is 5.82 Å². The number of hydrogen-bond donors (Lipinski definition) is 2. The molecule has 2 N–H and O–H groups in total. The predicted molar refractivity (Wildman–Crippen MR) is 91.9 cm³/mol. The number of aliphatic imine (C=N–C) groups is 1. The lowest BCUT2D eigenvalue weighted by atomic mass is 9.91. The standard InChI is InChI=1S/C17H22FN3S/c1-17(2,15-5-4-10-22-15)12-21-16(19-3)20-11-13-6-8-14(18)9-7-13/h4-10H,11-12H2,1-3H3,(H2,19,20,21). The van der Waals surface area contributed by atoms with E-state index in [-0.39, 0.29) is 11.2 Å². The summed E-state index contributed by atoms with van der Waals surface area (Å²) in [4.78, 5) is 5.57. The van der Waals surface area contributed by atoms with Crippen molar-refractivity contribution in [2.24, 2.45) is 4.99 Å². The molecule has 0 radical (unpaired) electrons. The smallest absolute Gasteiger partial charge is 0.191 e. The van der Waals surface area contributed by atoms with Crippen molar-refractivity contribution in [2.75, 3.05) is 13.6 Å². The summed E-state index contributed by atoms with van der Waals surface area (Å²) < 4.78 is 12.9. The van der Waals surface area contributed by atoms with Gasteiger partial charge in [-0.05, 0) is 29.1 Å². The van der Waals surface area contributed by atoms with Gasteiger partial charge in [-0.25, -0.2) is 4.39 Å². The van der Waals surface area contributed by atoms with Gasteiger partial charge in [0.05, 0.1) is 0 Å². The molecular weight excluding hydrogens is 297 g/mol. The van der Waals surface area contributed by atoms with Crippen LogP contribution in [-0.2, 0) is 12.0 Å². The Balaban J connectivity index is 1.86. The molecule has 0 atom stereocenters. The highest BCUT2D eigenvalue weighted by atomic mass is 32.1. The van der Waals surface area contributed by atoms with E-state index in [4.69, 9.17) is 0 Å². The summed E-state index contributed by atoms with van der Waals surface area (Å²) in [5.74, 6) is 0.526. The SMILES string of the molecule is CN=C(NCc1ccc(F)cc1)NCC(C)(C)c1cccs1. The highest BCUT2D eigenvalue weighted by molar-refractivity contribution is 7.10. The maximum absolute atomic E-state index is 12.9. The first-order valence-corrected chi connectivity index (χ1v) is 8.12. The molecule has 1 heterocycles. The Morgan fingerprint density at radius 1 is 1.18 bits per heavy atom. The topological polar surface area (TPSA) is 36.4 Å². The van der Waals surface area contributed by atoms with E-state index in [1.165, 1.54) is 17.0 Å². The van der Waals surface area contributed by atoms with Crippen LogP contribution in [-0.4, -0.2) is 19.6 Å². The van der Waals surface area contributed by atoms with E-state index >= 15 is 0 Å². The predicted octanol–water partition coefficient (Wildman–Crippen LogP) is 3.53. The van der Waals surface area contributed by atoms with Crippen LogP contribution in [0.25, 0.3) is 0 Å². The number of nitrogens with zero attached hydrogens (tertiary/aromatic N) is 1. The molecule has 0 aliphatic carbocycles. The van der Waals surface area contributed by atoms with Gasteiger partial charge in [0.2, 0.25) is 0 Å². The Kier molecular flexibility index (Phi) is 5.55. The monoisotopic (exact) mass is 319 g/mol. The van der Waals surface area contributed by atoms with Gasteiger partial charge in [-0.3, -0.25) is 4.99 Å². The van der Waals surface area contributed by atoms with Gasteiger partial charge in [0.15, 0.2) is 5.96 Å². The van der Waals surface area contributed by atoms with Crippen molar-refractivity contribution >= 4 is 17.3 Å². The zero-order valence-electron chi connectivity index (χ0n) is 13.2. The summed E-state index contributed by atoms with van der Waals surface area (Å²) in [5.41, 5.74) is 1.06. The molecule has 5 heteroatoms. The second-order valence-electron chi connectivity index (χ2n) is 5.77. The fourth-order valence-electron chi connectivity index (χ4n) is 2.06. The van der Waals surface area contributed by atoms with Crippen molar-refractivity contribution in [3.8, 4) is 0 Å². The number of hydrogen-bond acceptors (Lipinski definition) is 2. The van der Waals surface area contributed by atoms with Crippen LogP contribution >= 0.6 is 11.3 Å². The first-order chi connectivity index (χ1) is 10.5. The summed E-state index contributed by atoms with van der Waals surface area (Å²) in [7, 11) is 1.75. The third-order valence-electron chi connectivity index (χ3n) is 3.48. The summed E-state index contributed by atoms with van der Waals surface area (Å²) in [5, 5.41) is 8.69. The van der Waals surface area contributed by atoms with Crippen molar-refractivity contribution in [1.82, 2.24) is 10.6 Å². The summed E-state index contributed by atoms with van der Waals surface area (Å²) in [6.07, 6.45) is 0. The number of thiophene rings is 1. The Morgan fingerprint density at radius 3 is 2.50 bits per heavy atom. The molecule has 0 fully saturated rings. The Labute approximate surface area is 135 Å². The van der Waals surface area contributed by atoms with Gasteiger partial charge in [0.1, 0.15) is 5.82 Å². The fourth-order valence-corrected chi connectivity index (χ4v) is 2.92. The van der Waals surface area contributed by atoms with Crippen LogP contribution in [0.4, 0.5) is 4.39 Å². The molecule has 0 bridgehead atoms. The summed E-state index contributed by atoms with van der Waals surface area (Å²) >= 11 is 1.76. The van der Waals surface area contributed by atoms with E-state index in [0.717, 1.165) is 18.1 Å². The van der Waals surface area contributed by atoms with E-state index in [1.807, 2.05) is 0 Å². The summed E-state index contributed by atoms with van der Waals surface area (Å²) in [6.45, 7) is 5.81. The van der Waals surface area contributed by atoms with Gasteiger partial charge in [0.25, 0.3) is 0 Å². The second kappa shape index (κ2) is 7.40. The molecular formula is C17H22FN3S. The summed E-state index contributed by atoms with van der Waals surface area (Å²) in [6, 6.07) is 10.7. The zero-order valence-corrected chi connectivity index (χ0v) is 14.0. The van der Waals surface area contributed by atoms with Crippen LogP contribution in [0.15, 0.2) is 46.8 Å². The van der Waals surface area contributed by atoms with E-state index in [2.05, 4.69) is 47.0 Å². The van der Waals surface area contributed by atoms with Crippen LogP contribution < -0.4 is 10.6 Å². The molecule has 1 aromatic heterocycles. The minimum atomic E-state index is -0.219. The van der Waals surface area contributed by atoms with Crippen molar-refractivity contribution in [1.29, 1.82) is 0 Å². The molecule has 0 unspecified atom stereocenters. The number of rotatable bonds is 5. The Morgan fingerprint density at radius 2 is 1.91 bits per heavy atom. The lowest BCUT2D eigenvalue weighted by Crippen LogP contribution is -2.42. The van der Waals surface area contributed by atoms with E-state index < -0.39 is 0 Å². The maximum atomic E-state index is 12.9. The van der Waals surface area contributed by atoms with Gasteiger partial charge in [-0.2, -0.15) is 0 Å². The molecule has 0 saturated heterocycles. The number of guanidine groups is 1. The van der Waals surface area contributed by atoms with Crippen molar-refractivity contribution in [2.45, 2.75) is 25.8 Å². The van der Waals surface area contributed by atoms with Gasteiger partial charge in [-0.15, -0.1) is 11.3 Å². The highest BCUT2D eigenvalue weighted by Crippen LogP contribution is 2.26. The quantitative estimate of drug-likeness (QED) is 0.653. The largest absolute Gasteiger partial charge is 0.356 e. The van der Waals surface area contributed by atoms with E-state index in [0.29, 0.717) is 6.54 Å². The number of halogens is 1. The lowest BCUT2D eigenvalue weighted by molar-refractivity contribution is 0.518. The molecule has 3 nitrogen and oxygen atoms in total. The van der Waals surface area contributed by atoms with Crippen molar-refractivity contribution in [3.63, 3.8) is 0 Å². The minimum Gasteiger partial charge on any atom is -0.356 e. The molecule has 0 amide bonds. The van der Waals surface area contributed by atoms with Gasteiger partial charge in [-0.1, -0.05) is 32.0 Å². The molecule has 2 rings (SSSR count). The molecule has 118 valence electrons. The van der Waals surface area contributed by atoms with Crippen molar-refractivity contribution in [3.05, 3.63) is 58.0 Å².